The van der Waals surface area contributed by atoms with Gasteiger partial charge in [0.05, 0.1) is 21.8 Å². The van der Waals surface area contributed by atoms with Gasteiger partial charge in [0.25, 0.3) is 5.91 Å². The summed E-state index contributed by atoms with van der Waals surface area (Å²) in [6.07, 6.45) is 16.0. The lowest BCUT2D eigenvalue weighted by Crippen LogP contribution is -2.26. The molecule has 8 heteroatoms. The minimum atomic E-state index is -0.111. The normalized spacial score (nSPS) is 14.4. The molecule has 2 aliphatic carbocycles. The van der Waals surface area contributed by atoms with Crippen LogP contribution in [0.3, 0.4) is 0 Å². The number of amides is 1. The second kappa shape index (κ2) is 27.6. The fourth-order valence-corrected chi connectivity index (χ4v) is 19.0. The van der Waals surface area contributed by atoms with Gasteiger partial charge in [-0.15, -0.1) is 34.0 Å². The molecule has 4 heterocycles. The molecular formula is C89H82N4OS3. The molecule has 1 amide bonds. The van der Waals surface area contributed by atoms with Crippen LogP contribution < -0.4 is 14.8 Å². The van der Waals surface area contributed by atoms with E-state index < -0.39 is 0 Å². The summed E-state index contributed by atoms with van der Waals surface area (Å²) in [6.45, 7) is 11.3. The van der Waals surface area contributed by atoms with E-state index in [9.17, 15) is 4.79 Å². The van der Waals surface area contributed by atoms with Crippen LogP contribution in [0.5, 0.6) is 0 Å². The second-order valence-electron chi connectivity index (χ2n) is 26.5. The van der Waals surface area contributed by atoms with Crippen LogP contribution in [0.25, 0.3) is 69.4 Å². The molecule has 12 aromatic rings. The van der Waals surface area contributed by atoms with Crippen molar-refractivity contribution < 1.29 is 4.79 Å². The minimum Gasteiger partial charge on any atom is -0.311 e. The Labute approximate surface area is 585 Å². The number of carbonyl (C=O) groups excluding carboxylic acids is 1. The van der Waals surface area contributed by atoms with Crippen LogP contribution in [-0.4, -0.2) is 11.6 Å². The van der Waals surface area contributed by atoms with Gasteiger partial charge in [0.1, 0.15) is 0 Å². The summed E-state index contributed by atoms with van der Waals surface area (Å²) in [5, 5.41) is 6.17. The van der Waals surface area contributed by atoms with Gasteiger partial charge in [-0.2, -0.15) is 10.1 Å². The van der Waals surface area contributed by atoms with E-state index in [2.05, 4.69) is 267 Å². The molecule has 0 bridgehead atoms. The molecular weight excluding hydrogens is 1240 g/mol. The Hall–Kier alpha value is -9.44. The highest BCUT2D eigenvalue weighted by atomic mass is 32.1. The van der Waals surface area contributed by atoms with Crippen molar-refractivity contribution in [2.45, 2.75) is 122 Å². The highest BCUT2D eigenvalue weighted by molar-refractivity contribution is 7.27. The number of hydrogen-bond acceptors (Lipinski definition) is 7. The minimum absolute atomic E-state index is 0.0536. The molecule has 0 unspecified atom stereocenters. The third-order valence-electron chi connectivity index (χ3n) is 20.5. The van der Waals surface area contributed by atoms with E-state index in [1.54, 1.807) is 11.3 Å². The van der Waals surface area contributed by atoms with E-state index in [0.29, 0.717) is 11.3 Å². The predicted molar refractivity (Wildman–Crippen MR) is 417 cm³/mol. The number of hydrogen-bond donors (Lipinski definition) is 0. The van der Waals surface area contributed by atoms with Gasteiger partial charge in [-0.25, -0.2) is 0 Å². The van der Waals surface area contributed by atoms with Gasteiger partial charge in [0.2, 0.25) is 0 Å². The van der Waals surface area contributed by atoms with Gasteiger partial charge >= 0.3 is 0 Å². The van der Waals surface area contributed by atoms with Crippen molar-refractivity contribution >= 4 is 91.5 Å². The van der Waals surface area contributed by atoms with Gasteiger partial charge in [0, 0.05) is 74.9 Å². The van der Waals surface area contributed by atoms with E-state index in [4.69, 9.17) is 0 Å². The SMILES string of the molecule is CCCCC1(CCCC)c2ccccc2-c2ccc(N(c3ccc(-c4cc(-c5ccc(N(c6ccccc6)c6ccccc6)cc5)c(-c5ccc(-c6ccc(/C=C7\C(=O)N(c8ccccc8)N=C7C)s6)s5)s4)cc3)c3ccc4c(c3)C(CCCC)(CCCC)c3ccccc3-4)cc21. The van der Waals surface area contributed by atoms with E-state index in [0.717, 1.165) is 69.4 Å². The number of rotatable bonds is 24. The zero-order chi connectivity index (χ0) is 66.0. The third-order valence-corrected chi connectivity index (χ3v) is 24.2. The summed E-state index contributed by atoms with van der Waals surface area (Å²) in [5.74, 6) is -0.111. The van der Waals surface area contributed by atoms with Gasteiger partial charge in [-0.05, 0) is 210 Å². The molecule has 0 spiro atoms. The number of thiophene rings is 3. The highest BCUT2D eigenvalue weighted by Crippen LogP contribution is 2.59. The van der Waals surface area contributed by atoms with E-state index >= 15 is 0 Å². The van der Waals surface area contributed by atoms with E-state index in [-0.39, 0.29) is 16.7 Å². The molecule has 0 fully saturated rings. The number of hydrazone groups is 1. The van der Waals surface area contributed by atoms with Gasteiger partial charge in [-0.1, -0.05) is 219 Å². The Morgan fingerprint density at radius 3 is 1.33 bits per heavy atom. The number of unbranched alkanes of at least 4 members (excludes halogenated alkanes) is 4. The molecule has 3 aliphatic rings. The number of fused-ring (bicyclic) bond motifs is 6. The molecule has 15 rings (SSSR count). The lowest BCUT2D eigenvalue weighted by molar-refractivity contribution is -0.114. The van der Waals surface area contributed by atoms with Crippen molar-refractivity contribution in [3.63, 3.8) is 0 Å². The number of nitrogens with zero attached hydrogens (tertiary/aromatic N) is 4. The maximum Gasteiger partial charge on any atom is 0.280 e. The summed E-state index contributed by atoms with van der Waals surface area (Å²) in [7, 11) is 0. The first-order chi connectivity index (χ1) is 47.7. The first-order valence-corrected chi connectivity index (χ1v) is 37.6. The molecule has 3 aromatic heterocycles. The highest BCUT2D eigenvalue weighted by Gasteiger charge is 2.44. The van der Waals surface area contributed by atoms with Crippen molar-refractivity contribution in [2.75, 3.05) is 14.8 Å². The van der Waals surface area contributed by atoms with Gasteiger partial charge in [0.15, 0.2) is 0 Å². The maximum atomic E-state index is 13.8. The topological polar surface area (TPSA) is 39.1 Å². The first kappa shape index (κ1) is 63.6. The average Bonchev–Trinajstić information content (AvgIpc) is 1.60. The Morgan fingerprint density at radius 1 is 0.381 bits per heavy atom. The van der Waals surface area contributed by atoms with Crippen LogP contribution >= 0.6 is 34.0 Å². The second-order valence-corrected chi connectivity index (χ2v) is 29.7. The fourth-order valence-electron chi connectivity index (χ4n) is 15.7. The van der Waals surface area contributed by atoms with Gasteiger partial charge in [-0.3, -0.25) is 4.79 Å². The van der Waals surface area contributed by atoms with E-state index in [1.807, 2.05) is 66.0 Å². The van der Waals surface area contributed by atoms with Crippen LogP contribution in [0, 0.1) is 0 Å². The lowest BCUT2D eigenvalue weighted by Gasteiger charge is -2.35. The molecule has 1 aliphatic heterocycles. The summed E-state index contributed by atoms with van der Waals surface area (Å²) in [5.41, 5.74) is 24.0. The fraction of sp³-hybridized carbons (Fsp3) is 0.213. The molecule has 0 radical (unpaired) electrons. The molecule has 0 saturated heterocycles. The van der Waals surface area contributed by atoms with Crippen LogP contribution in [0.1, 0.15) is 139 Å². The van der Waals surface area contributed by atoms with Crippen molar-refractivity contribution in [1.82, 2.24) is 0 Å². The standard InChI is InChI=1S/C89H82N4OS3/c1-6-10-53-88(54-11-7-2)78-35-25-23-33-72(78)74-48-45-69(57-80(74)88)92(70-46-49-75-73-34-24-26-36-79(73)89(55-12-8-3,56-13-9-4)81(75)58-70)67-43-39-63(40-44-67)85-60-77(62-37-41-66(42-38-62)91(64-27-17-14-18-28-64)65-29-19-15-20-30-65)86(97-85)84-52-51-83(96-84)82-50-47-71(95-82)59-76-61(5)90-93(87(76)94)68-31-21-16-22-32-68/h14-52,57-60H,6-13,53-56H2,1-5H3/b76-59-. The monoisotopic (exact) mass is 1320 g/mol. The summed E-state index contributed by atoms with van der Waals surface area (Å²) in [4.78, 5) is 25.7. The van der Waals surface area contributed by atoms with E-state index in [1.165, 1.54) is 143 Å². The van der Waals surface area contributed by atoms with Crippen LogP contribution in [-0.2, 0) is 15.6 Å². The average molecular weight is 1320 g/mol. The Balaban J connectivity index is 0.839. The molecule has 0 atom stereocenters. The predicted octanol–water partition coefficient (Wildman–Crippen LogP) is 26.6. The molecule has 9 aromatic carbocycles. The number of anilines is 7. The molecule has 482 valence electrons. The van der Waals surface area contributed by atoms with Crippen LogP contribution in [0.2, 0.25) is 0 Å². The van der Waals surface area contributed by atoms with Crippen LogP contribution in [0.15, 0.2) is 265 Å². The first-order valence-electron chi connectivity index (χ1n) is 35.1. The summed E-state index contributed by atoms with van der Waals surface area (Å²) >= 11 is 5.40. The zero-order valence-electron chi connectivity index (χ0n) is 56.2. The Kier molecular flexibility index (Phi) is 18.1. The maximum absolute atomic E-state index is 13.8. The number of benzene rings is 9. The Bertz CT molecular complexity index is 4690. The molecule has 97 heavy (non-hydrogen) atoms. The van der Waals surface area contributed by atoms with Crippen molar-refractivity contribution in [3.8, 4) is 63.3 Å². The number of para-hydroxylation sites is 3. The number of carbonyl (C=O) groups is 1. The summed E-state index contributed by atoms with van der Waals surface area (Å²) in [6, 6.07) is 94.6. The molecule has 5 nitrogen and oxygen atoms in total. The van der Waals surface area contributed by atoms with Crippen molar-refractivity contribution in [1.29, 1.82) is 0 Å². The zero-order valence-corrected chi connectivity index (χ0v) is 58.7. The molecule has 0 saturated carbocycles. The smallest absolute Gasteiger partial charge is 0.280 e. The summed E-state index contributed by atoms with van der Waals surface area (Å²) < 4.78 is 0. The molecule has 0 N–H and O–H groups in total. The van der Waals surface area contributed by atoms with Crippen molar-refractivity contribution in [3.05, 3.63) is 287 Å². The van der Waals surface area contributed by atoms with Crippen molar-refractivity contribution in [2.24, 2.45) is 5.10 Å². The Morgan fingerprint density at radius 2 is 0.804 bits per heavy atom. The lowest BCUT2D eigenvalue weighted by atomic mass is 9.70. The van der Waals surface area contributed by atoms with Crippen LogP contribution in [0.4, 0.5) is 39.8 Å². The quantitative estimate of drug-likeness (QED) is 0.0566. The van der Waals surface area contributed by atoms with Gasteiger partial charge < -0.3 is 9.80 Å². The largest absolute Gasteiger partial charge is 0.311 e. The third kappa shape index (κ3) is 11.8.